The summed E-state index contributed by atoms with van der Waals surface area (Å²) in [5, 5.41) is 28.5. The van der Waals surface area contributed by atoms with Gasteiger partial charge in [0, 0.05) is 13.1 Å². The van der Waals surface area contributed by atoms with E-state index in [1.165, 1.54) is 0 Å². The van der Waals surface area contributed by atoms with E-state index in [1.54, 1.807) is 11.8 Å². The Labute approximate surface area is 228 Å². The second kappa shape index (κ2) is 27.5. The number of nitrogens with one attached hydrogen (secondary N) is 2. The number of amides is 2. The molecule has 0 aliphatic rings. The Bertz CT molecular complexity index is 572. The van der Waals surface area contributed by atoms with Crippen LogP contribution in [0.25, 0.3) is 0 Å². The average molecular weight is 752 g/mol. The van der Waals surface area contributed by atoms with Gasteiger partial charge < -0.3 is 49.9 Å². The minimum absolute atomic E-state index is 0. The molecule has 0 bridgehead atoms. The third-order valence-corrected chi connectivity index (χ3v) is 3.64. The largest absolute Gasteiger partial charge is 1.00 e. The van der Waals surface area contributed by atoms with Gasteiger partial charge in [-0.05, 0) is 23.4 Å². The molecule has 0 atom stereocenters. The SMILES string of the molecule is CSC.C[S+](C)CC(=O)NCCC(=O)O.O=C(O)C(F)(F)F.O=C(O)CCNC(=O)CI.[I-]. The number of aliphatic carboxylic acids is 3. The Kier molecular flexibility index (Phi) is 35.4. The lowest BCUT2D eigenvalue weighted by atomic mass is 10.4. The van der Waals surface area contributed by atoms with Gasteiger partial charge in [0.1, 0.15) is 0 Å². The molecule has 10 nitrogen and oxygen atoms in total. The van der Waals surface area contributed by atoms with E-state index in [1.807, 2.05) is 47.6 Å². The van der Waals surface area contributed by atoms with Crippen LogP contribution in [0.1, 0.15) is 12.8 Å². The van der Waals surface area contributed by atoms with E-state index in [4.69, 9.17) is 20.1 Å². The van der Waals surface area contributed by atoms with Crippen molar-refractivity contribution in [1.82, 2.24) is 10.6 Å². The van der Waals surface area contributed by atoms with Crippen molar-refractivity contribution in [2.24, 2.45) is 0 Å². The number of alkyl halides is 4. The lowest BCUT2D eigenvalue weighted by Gasteiger charge is -2.00. The minimum atomic E-state index is -5.08. The first kappa shape index (κ1) is 42.5. The molecular weight excluding hydrogens is 723 g/mol. The van der Waals surface area contributed by atoms with Gasteiger partial charge in [0.05, 0.1) is 29.8 Å². The maximum Gasteiger partial charge on any atom is 0.490 e. The van der Waals surface area contributed by atoms with Gasteiger partial charge in [-0.1, -0.05) is 22.6 Å². The first-order valence-electron chi connectivity index (χ1n) is 8.32. The van der Waals surface area contributed by atoms with E-state index >= 15 is 0 Å². The van der Waals surface area contributed by atoms with Gasteiger partial charge in [-0.25, -0.2) is 4.79 Å². The molecule has 5 N–H and O–H groups in total. The van der Waals surface area contributed by atoms with Crippen LogP contribution in [0.4, 0.5) is 13.2 Å². The van der Waals surface area contributed by atoms with Crippen molar-refractivity contribution in [2.45, 2.75) is 19.0 Å². The molecule has 0 saturated heterocycles. The number of hydrogen-bond donors (Lipinski definition) is 5. The maximum atomic E-state index is 10.9. The zero-order valence-corrected chi connectivity index (χ0v) is 24.3. The quantitative estimate of drug-likeness (QED) is 0.103. The number of carboxylic acids is 3. The molecule has 0 heterocycles. The fourth-order valence-electron chi connectivity index (χ4n) is 0.978. The lowest BCUT2D eigenvalue weighted by Crippen LogP contribution is -3.00. The van der Waals surface area contributed by atoms with Crippen LogP contribution < -0.4 is 34.6 Å². The van der Waals surface area contributed by atoms with Crippen molar-refractivity contribution in [3.63, 3.8) is 0 Å². The van der Waals surface area contributed by atoms with Gasteiger partial charge in [0.25, 0.3) is 5.91 Å². The van der Waals surface area contributed by atoms with E-state index in [0.717, 1.165) is 0 Å². The summed E-state index contributed by atoms with van der Waals surface area (Å²) in [6.07, 6.45) is 2.92. The van der Waals surface area contributed by atoms with Crippen LogP contribution in [0.2, 0.25) is 0 Å². The zero-order valence-electron chi connectivity index (χ0n) is 18.3. The zero-order chi connectivity index (χ0) is 26.3. The van der Waals surface area contributed by atoms with Crippen molar-refractivity contribution in [2.75, 3.05) is 48.3 Å². The van der Waals surface area contributed by atoms with Crippen LogP contribution >= 0.6 is 34.4 Å². The van der Waals surface area contributed by atoms with Crippen molar-refractivity contribution in [1.29, 1.82) is 0 Å². The first-order chi connectivity index (χ1) is 14.5. The topological polar surface area (TPSA) is 170 Å². The van der Waals surface area contributed by atoms with Crippen LogP contribution in [-0.4, -0.2) is 99.5 Å². The van der Waals surface area contributed by atoms with Crippen molar-refractivity contribution in [3.8, 4) is 0 Å². The molecule has 0 aliphatic heterocycles. The van der Waals surface area contributed by atoms with Gasteiger partial charge >= 0.3 is 24.1 Å². The predicted molar refractivity (Wildman–Crippen MR) is 127 cm³/mol. The van der Waals surface area contributed by atoms with Gasteiger partial charge in [-0.2, -0.15) is 24.9 Å². The summed E-state index contributed by atoms with van der Waals surface area (Å²) in [6, 6.07) is 0. The molecular formula is C16H29F3I2N2O8S2. The fraction of sp³-hybridized carbons (Fsp3) is 0.688. The molecule has 17 heteroatoms. The molecule has 33 heavy (non-hydrogen) atoms. The monoisotopic (exact) mass is 752 g/mol. The first-order valence-corrected chi connectivity index (χ1v) is 13.7. The van der Waals surface area contributed by atoms with Crippen LogP contribution in [0, 0.1) is 0 Å². The molecule has 0 saturated carbocycles. The molecule has 0 rings (SSSR count). The number of halogens is 5. The van der Waals surface area contributed by atoms with Gasteiger partial charge in [-0.15, -0.1) is 0 Å². The Morgan fingerprint density at radius 1 is 0.879 bits per heavy atom. The minimum Gasteiger partial charge on any atom is -1.00 e. The smallest absolute Gasteiger partial charge is 0.490 e. The van der Waals surface area contributed by atoms with E-state index in [9.17, 15) is 32.3 Å². The number of hydrogen-bond acceptors (Lipinski definition) is 6. The molecule has 2 amide bonds. The third kappa shape index (κ3) is 49.5. The number of carbonyl (C=O) groups excluding carboxylic acids is 2. The standard InChI is InChI=1S/C7H13NO3S.C5H8INO3.C2HF3O2.C2H6S.HI/c1-12(2)5-6(9)8-4-3-7(10)11;6-3-4(8)7-2-1-5(9)10;3-2(4,5)1(6)7;1-3-2;/h3-5H2,1-2H3,(H-,8,9,10,11);1-3H2,(H,7,8)(H,9,10);(H,6,7);1-2H3;1H. The Balaban J connectivity index is -0.000000113. The molecule has 198 valence electrons. The third-order valence-electron chi connectivity index (χ3n) is 2.11. The van der Waals surface area contributed by atoms with E-state index < -0.39 is 24.1 Å². The summed E-state index contributed by atoms with van der Waals surface area (Å²) in [7, 11) is 0.0807. The summed E-state index contributed by atoms with van der Waals surface area (Å²) >= 11 is 3.66. The van der Waals surface area contributed by atoms with Gasteiger partial charge in [0.2, 0.25) is 5.91 Å². The molecule has 0 spiro atoms. The fourth-order valence-corrected chi connectivity index (χ4v) is 1.87. The molecule has 0 aromatic rings. The van der Waals surface area contributed by atoms with Crippen LogP contribution in [0.5, 0.6) is 0 Å². The van der Waals surface area contributed by atoms with Crippen LogP contribution in [0.15, 0.2) is 0 Å². The van der Waals surface area contributed by atoms with E-state index in [2.05, 4.69) is 10.6 Å². The summed E-state index contributed by atoms with van der Waals surface area (Å²) in [5.74, 6) is -4.24. The molecule has 0 radical (unpaired) electrons. The number of rotatable bonds is 9. The van der Waals surface area contributed by atoms with E-state index in [0.29, 0.717) is 10.2 Å². The van der Waals surface area contributed by atoms with Gasteiger partial charge in [-0.3, -0.25) is 19.2 Å². The molecule has 0 aliphatic carbocycles. The highest BCUT2D eigenvalue weighted by Gasteiger charge is 2.38. The average Bonchev–Trinajstić information content (AvgIpc) is 2.61. The summed E-state index contributed by atoms with van der Waals surface area (Å²) in [5.41, 5.74) is 0. The number of thioether (sulfide) groups is 1. The molecule has 0 aromatic carbocycles. The van der Waals surface area contributed by atoms with Crippen molar-refractivity contribution >= 4 is 75.0 Å². The van der Waals surface area contributed by atoms with E-state index in [-0.39, 0.29) is 72.6 Å². The second-order valence-corrected chi connectivity index (χ2v) is 9.30. The summed E-state index contributed by atoms with van der Waals surface area (Å²) < 4.78 is 32.1. The predicted octanol–water partition coefficient (Wildman–Crippen LogP) is -1.92. The van der Waals surface area contributed by atoms with Crippen LogP contribution in [0.3, 0.4) is 0 Å². The Hall–Kier alpha value is -0.700. The molecule has 0 aromatic heterocycles. The Morgan fingerprint density at radius 2 is 1.18 bits per heavy atom. The summed E-state index contributed by atoms with van der Waals surface area (Å²) in [6.45, 7) is 0.447. The number of carbonyl (C=O) groups is 5. The van der Waals surface area contributed by atoms with Crippen LogP contribution in [-0.2, 0) is 34.9 Å². The highest BCUT2D eigenvalue weighted by Crippen LogP contribution is 2.13. The Morgan fingerprint density at radius 3 is 1.39 bits per heavy atom. The normalized spacial score (nSPS) is 9.24. The van der Waals surface area contributed by atoms with Crippen molar-refractivity contribution < 1.29 is 76.4 Å². The molecule has 0 unspecified atom stereocenters. The summed E-state index contributed by atoms with van der Waals surface area (Å²) in [4.78, 5) is 50.3. The maximum absolute atomic E-state index is 10.9. The highest BCUT2D eigenvalue weighted by molar-refractivity contribution is 14.1. The lowest BCUT2D eigenvalue weighted by molar-refractivity contribution is -0.192. The van der Waals surface area contributed by atoms with Crippen molar-refractivity contribution in [3.05, 3.63) is 0 Å². The molecule has 0 fully saturated rings. The van der Waals surface area contributed by atoms with Gasteiger partial charge in [0.15, 0.2) is 5.75 Å². The number of carboxylic acid groups (broad SMARTS) is 3. The second-order valence-electron chi connectivity index (χ2n) is 5.46. The highest BCUT2D eigenvalue weighted by atomic mass is 127.